The highest BCUT2D eigenvalue weighted by Crippen LogP contribution is 2.55. The van der Waals surface area contributed by atoms with E-state index in [0.29, 0.717) is 11.6 Å². The number of rotatable bonds is 2. The van der Waals surface area contributed by atoms with E-state index >= 15 is 0 Å². The minimum Gasteiger partial charge on any atom is -0.454 e. The van der Waals surface area contributed by atoms with Crippen LogP contribution in [0.5, 0.6) is 0 Å². The third-order valence-corrected chi connectivity index (χ3v) is 8.07. The smallest absolute Gasteiger partial charge is 0.338 e. The van der Waals surface area contributed by atoms with E-state index in [0.717, 1.165) is 25.9 Å². The van der Waals surface area contributed by atoms with Crippen LogP contribution in [0, 0.1) is 0 Å². The maximum atomic E-state index is 12.5. The lowest BCUT2D eigenvalue weighted by Gasteiger charge is -2.44. The fourth-order valence-corrected chi connectivity index (χ4v) is 6.80. The average Bonchev–Trinajstić information content (AvgIpc) is 3.25. The lowest BCUT2D eigenvalue weighted by molar-refractivity contribution is 0.0275. The lowest BCUT2D eigenvalue weighted by Crippen LogP contribution is -2.49. The van der Waals surface area contributed by atoms with Crippen molar-refractivity contribution < 1.29 is 9.53 Å². The van der Waals surface area contributed by atoms with Crippen LogP contribution in [0.1, 0.15) is 33.6 Å². The minimum absolute atomic E-state index is 0.0902. The van der Waals surface area contributed by atoms with Crippen molar-refractivity contribution in [2.75, 3.05) is 6.54 Å². The molecule has 1 saturated heterocycles. The molecular weight excluding hydrogens is 366 g/mol. The van der Waals surface area contributed by atoms with Gasteiger partial charge in [0.25, 0.3) is 0 Å². The molecule has 2 bridgehead atoms. The second kappa shape index (κ2) is 6.03. The monoisotopic (exact) mass is 387 g/mol. The molecule has 1 unspecified atom stereocenters. The molecule has 3 heterocycles. The Morgan fingerprint density at radius 1 is 1.11 bits per heavy atom. The molecule has 28 heavy (non-hydrogen) atoms. The van der Waals surface area contributed by atoms with E-state index < -0.39 is 0 Å². The standard InChI is InChI=1S/C24H21NO2S/c26-23(16-6-2-1-3-7-16)27-17-10-11-24-12-13-25(21(24)14-17)15-19-18-8-4-5-9-20(18)28-22(19)24/h1-11,17,21H,12-15H2/t17-,21+,24-/m1/s1. The quantitative estimate of drug-likeness (QED) is 0.462. The number of nitrogens with zero attached hydrogens (tertiary/aromatic N) is 1. The van der Waals surface area contributed by atoms with Gasteiger partial charge in [-0.1, -0.05) is 42.5 Å². The van der Waals surface area contributed by atoms with Crippen LogP contribution >= 0.6 is 11.3 Å². The molecule has 2 aliphatic heterocycles. The Morgan fingerprint density at radius 3 is 2.82 bits per heavy atom. The molecule has 3 aliphatic rings. The maximum absolute atomic E-state index is 12.5. The van der Waals surface area contributed by atoms with Gasteiger partial charge in [0.05, 0.1) is 5.56 Å². The van der Waals surface area contributed by atoms with Gasteiger partial charge in [0, 0.05) is 40.5 Å². The number of carbonyl (C=O) groups is 1. The molecule has 4 atom stereocenters. The molecule has 140 valence electrons. The van der Waals surface area contributed by atoms with E-state index in [1.165, 1.54) is 20.5 Å². The van der Waals surface area contributed by atoms with Gasteiger partial charge in [0.15, 0.2) is 0 Å². The summed E-state index contributed by atoms with van der Waals surface area (Å²) in [4.78, 5) is 16.6. The molecular formula is C24H21NO2S. The van der Waals surface area contributed by atoms with Crippen molar-refractivity contribution in [1.82, 2.24) is 4.90 Å². The molecule has 0 radical (unpaired) electrons. The van der Waals surface area contributed by atoms with Crippen molar-refractivity contribution in [3.63, 3.8) is 0 Å². The Hall–Kier alpha value is -2.43. The number of hydrogen-bond donors (Lipinski definition) is 0. The molecule has 0 saturated carbocycles. The van der Waals surface area contributed by atoms with Gasteiger partial charge in [0.1, 0.15) is 6.10 Å². The van der Waals surface area contributed by atoms with Crippen LogP contribution in [0.15, 0.2) is 66.7 Å². The predicted octanol–water partition coefficient (Wildman–Crippen LogP) is 4.91. The fourth-order valence-electron chi connectivity index (χ4n) is 5.34. The van der Waals surface area contributed by atoms with Gasteiger partial charge in [-0.25, -0.2) is 4.79 Å². The van der Waals surface area contributed by atoms with Crippen LogP contribution in [0.4, 0.5) is 0 Å². The first-order valence-electron chi connectivity index (χ1n) is 9.95. The van der Waals surface area contributed by atoms with E-state index in [4.69, 9.17) is 4.74 Å². The number of esters is 1. The third-order valence-electron chi connectivity index (χ3n) is 6.66. The van der Waals surface area contributed by atoms with Gasteiger partial charge >= 0.3 is 5.97 Å². The van der Waals surface area contributed by atoms with Crippen molar-refractivity contribution in [3.05, 3.63) is 82.8 Å². The van der Waals surface area contributed by atoms with Crippen molar-refractivity contribution in [2.45, 2.75) is 36.9 Å². The summed E-state index contributed by atoms with van der Waals surface area (Å²) in [6.07, 6.45) is 6.39. The molecule has 1 fully saturated rings. The highest BCUT2D eigenvalue weighted by molar-refractivity contribution is 7.19. The molecule has 1 aromatic heterocycles. The van der Waals surface area contributed by atoms with Crippen molar-refractivity contribution in [3.8, 4) is 0 Å². The van der Waals surface area contributed by atoms with Crippen LogP contribution in [-0.2, 0) is 16.7 Å². The van der Waals surface area contributed by atoms with Crippen LogP contribution < -0.4 is 0 Å². The third kappa shape index (κ3) is 2.28. The molecule has 0 spiro atoms. The number of carbonyl (C=O) groups excluding carboxylic acids is 1. The van der Waals surface area contributed by atoms with Crippen LogP contribution in [0.25, 0.3) is 10.1 Å². The summed E-state index contributed by atoms with van der Waals surface area (Å²) in [5.41, 5.74) is 2.22. The average molecular weight is 388 g/mol. The second-order valence-corrected chi connectivity index (χ2v) is 9.14. The lowest BCUT2D eigenvalue weighted by atomic mass is 9.70. The fraction of sp³-hybridized carbons (Fsp3) is 0.292. The second-order valence-electron chi connectivity index (χ2n) is 8.09. The Morgan fingerprint density at radius 2 is 1.93 bits per heavy atom. The van der Waals surface area contributed by atoms with Gasteiger partial charge in [-0.15, -0.1) is 11.3 Å². The molecule has 6 rings (SSSR count). The summed E-state index contributed by atoms with van der Waals surface area (Å²) >= 11 is 1.96. The topological polar surface area (TPSA) is 29.5 Å². The highest BCUT2D eigenvalue weighted by Gasteiger charge is 2.54. The van der Waals surface area contributed by atoms with Crippen molar-refractivity contribution in [1.29, 1.82) is 0 Å². The molecule has 3 aromatic rings. The van der Waals surface area contributed by atoms with Gasteiger partial charge in [-0.05, 0) is 41.6 Å². The van der Waals surface area contributed by atoms with Gasteiger partial charge in [-0.2, -0.15) is 0 Å². The molecule has 1 aliphatic carbocycles. The number of fused-ring (bicyclic) bond motifs is 3. The van der Waals surface area contributed by atoms with Crippen molar-refractivity contribution in [2.24, 2.45) is 0 Å². The zero-order valence-electron chi connectivity index (χ0n) is 15.5. The van der Waals surface area contributed by atoms with E-state index in [1.807, 2.05) is 41.7 Å². The molecule has 4 heteroatoms. The van der Waals surface area contributed by atoms with E-state index in [9.17, 15) is 4.79 Å². The Balaban J connectivity index is 1.35. The number of ether oxygens (including phenoxy) is 1. The summed E-state index contributed by atoms with van der Waals surface area (Å²) in [6.45, 7) is 2.13. The zero-order valence-corrected chi connectivity index (χ0v) is 16.3. The van der Waals surface area contributed by atoms with Gasteiger partial charge in [0.2, 0.25) is 0 Å². The molecule has 0 amide bonds. The number of thiophene rings is 1. The number of hydrogen-bond acceptors (Lipinski definition) is 4. The SMILES string of the molecule is O=C(O[C@@H]1C=C[C@]23CCN(Cc4c2sc2ccccc42)[C@H]3C1)c1ccccc1. The summed E-state index contributed by atoms with van der Waals surface area (Å²) < 4.78 is 7.23. The highest BCUT2D eigenvalue weighted by atomic mass is 32.1. The Kier molecular flexibility index (Phi) is 3.56. The van der Waals surface area contributed by atoms with Crippen LogP contribution in [-0.4, -0.2) is 29.6 Å². The molecule has 0 N–H and O–H groups in total. The van der Waals surface area contributed by atoms with E-state index in [2.05, 4.69) is 41.3 Å². The first-order chi connectivity index (χ1) is 13.7. The summed E-state index contributed by atoms with van der Waals surface area (Å²) in [5.74, 6) is -0.230. The molecule has 2 aromatic carbocycles. The van der Waals surface area contributed by atoms with E-state index in [-0.39, 0.29) is 17.5 Å². The summed E-state index contributed by atoms with van der Waals surface area (Å²) in [5, 5.41) is 1.42. The minimum atomic E-state index is -0.230. The normalized spacial score (nSPS) is 30.1. The molecule has 3 nitrogen and oxygen atoms in total. The van der Waals surface area contributed by atoms with Gasteiger partial charge in [-0.3, -0.25) is 4.90 Å². The summed E-state index contributed by atoms with van der Waals surface area (Å²) in [6, 6.07) is 18.5. The predicted molar refractivity (Wildman–Crippen MR) is 112 cm³/mol. The first-order valence-corrected chi connectivity index (χ1v) is 10.8. The Labute approximate surface area is 168 Å². The van der Waals surface area contributed by atoms with E-state index in [1.54, 1.807) is 0 Å². The van der Waals surface area contributed by atoms with Crippen LogP contribution in [0.3, 0.4) is 0 Å². The maximum Gasteiger partial charge on any atom is 0.338 e. The number of benzene rings is 2. The van der Waals surface area contributed by atoms with Gasteiger partial charge < -0.3 is 4.74 Å². The zero-order chi connectivity index (χ0) is 18.7. The Bertz CT molecular complexity index is 1100. The summed E-state index contributed by atoms with van der Waals surface area (Å²) in [7, 11) is 0. The largest absolute Gasteiger partial charge is 0.454 e. The first kappa shape index (κ1) is 16.5. The van der Waals surface area contributed by atoms with Crippen LogP contribution in [0.2, 0.25) is 0 Å². The van der Waals surface area contributed by atoms with Crippen molar-refractivity contribution >= 4 is 27.4 Å².